The Morgan fingerprint density at radius 1 is 1.43 bits per heavy atom. The second kappa shape index (κ2) is 4.01. The van der Waals surface area contributed by atoms with Gasteiger partial charge in [-0.25, -0.2) is 8.78 Å². The van der Waals surface area contributed by atoms with Crippen molar-refractivity contribution in [3.63, 3.8) is 0 Å². The first-order valence-electron chi connectivity index (χ1n) is 3.97. The van der Waals surface area contributed by atoms with Crippen LogP contribution >= 0.6 is 9.24 Å². The van der Waals surface area contributed by atoms with Crippen LogP contribution in [0, 0.1) is 11.6 Å². The number of carbonyl (C=O) groups excluding carboxylic acids is 1. The van der Waals surface area contributed by atoms with Gasteiger partial charge in [0.2, 0.25) is 5.91 Å². The number of primary amides is 1. The van der Waals surface area contributed by atoms with E-state index in [-0.39, 0.29) is 10.9 Å². The van der Waals surface area contributed by atoms with E-state index in [2.05, 4.69) is 0 Å². The van der Waals surface area contributed by atoms with Gasteiger partial charge in [-0.1, -0.05) is 9.24 Å². The van der Waals surface area contributed by atoms with Crippen molar-refractivity contribution in [2.24, 2.45) is 5.73 Å². The molecule has 0 bridgehead atoms. The third-order valence-corrected chi connectivity index (χ3v) is 2.58. The molecule has 1 rings (SSSR count). The number of carbonyl (C=O) groups is 1. The average molecular weight is 217 g/mol. The molecule has 2 nitrogen and oxygen atoms in total. The van der Waals surface area contributed by atoms with E-state index in [4.69, 9.17) is 5.73 Å². The van der Waals surface area contributed by atoms with E-state index >= 15 is 0 Å². The van der Waals surface area contributed by atoms with E-state index in [1.54, 1.807) is 0 Å². The van der Waals surface area contributed by atoms with Gasteiger partial charge >= 0.3 is 0 Å². The first-order chi connectivity index (χ1) is 6.43. The quantitative estimate of drug-likeness (QED) is 0.739. The Hall–Kier alpha value is -1.02. The van der Waals surface area contributed by atoms with Crippen LogP contribution in [0.3, 0.4) is 0 Å². The summed E-state index contributed by atoms with van der Waals surface area (Å²) in [5.41, 5.74) is 5.27. The molecule has 0 aliphatic carbocycles. The predicted molar refractivity (Wildman–Crippen MR) is 53.3 cm³/mol. The molecule has 0 heterocycles. The minimum absolute atomic E-state index is 0.134. The van der Waals surface area contributed by atoms with Crippen molar-refractivity contribution in [2.75, 3.05) is 0 Å². The summed E-state index contributed by atoms with van der Waals surface area (Å²) < 4.78 is 26.1. The van der Waals surface area contributed by atoms with Gasteiger partial charge < -0.3 is 5.73 Å². The van der Waals surface area contributed by atoms with Crippen molar-refractivity contribution < 1.29 is 13.6 Å². The number of amides is 1. The first kappa shape index (κ1) is 11.1. The third kappa shape index (κ3) is 2.07. The average Bonchev–Trinajstić information content (AvgIpc) is 2.12. The number of rotatable bonds is 2. The van der Waals surface area contributed by atoms with Crippen LogP contribution in [0.4, 0.5) is 8.78 Å². The summed E-state index contributed by atoms with van der Waals surface area (Å²) in [7, 11) is 1.96. The van der Waals surface area contributed by atoms with Gasteiger partial charge in [0, 0.05) is 5.30 Å². The molecule has 1 aromatic carbocycles. The molecule has 0 aromatic heterocycles. The maximum absolute atomic E-state index is 13.1. The minimum atomic E-state index is -0.696. The molecule has 14 heavy (non-hydrogen) atoms. The van der Waals surface area contributed by atoms with Crippen molar-refractivity contribution in [3.8, 4) is 0 Å². The fourth-order valence-electron chi connectivity index (χ4n) is 1.02. The van der Waals surface area contributed by atoms with Crippen LogP contribution in [0.5, 0.6) is 0 Å². The zero-order valence-electron chi connectivity index (χ0n) is 7.55. The van der Waals surface area contributed by atoms with Gasteiger partial charge in [-0.05, 0) is 24.6 Å². The Balaban J connectivity index is 3.19. The van der Waals surface area contributed by atoms with Crippen LogP contribution in [0.15, 0.2) is 12.1 Å². The number of hydrogen-bond donors (Lipinski definition) is 1. The Morgan fingerprint density at radius 3 is 2.21 bits per heavy atom. The van der Waals surface area contributed by atoms with Gasteiger partial charge in [-0.15, -0.1) is 0 Å². The fourth-order valence-corrected chi connectivity index (χ4v) is 1.18. The van der Waals surface area contributed by atoms with Crippen molar-refractivity contribution in [3.05, 3.63) is 29.3 Å². The molecule has 5 heteroatoms. The lowest BCUT2D eigenvalue weighted by Gasteiger charge is -2.09. The van der Waals surface area contributed by atoms with Crippen molar-refractivity contribution in [1.82, 2.24) is 0 Å². The lowest BCUT2D eigenvalue weighted by atomic mass is 10.0. The second-order valence-corrected chi connectivity index (χ2v) is 3.60. The standard InChI is InChI=1S/C9H10F2NOP/c1-4(9(12)13)5-2-6(10)8(14)7(11)3-5/h2-4H,14H2,1H3,(H2,12,13). The first-order valence-corrected chi connectivity index (χ1v) is 4.55. The summed E-state index contributed by atoms with van der Waals surface area (Å²) in [4.78, 5) is 10.8. The molecule has 0 saturated heterocycles. The van der Waals surface area contributed by atoms with E-state index in [0.717, 1.165) is 12.1 Å². The zero-order chi connectivity index (χ0) is 10.9. The highest BCUT2D eigenvalue weighted by Crippen LogP contribution is 2.17. The smallest absolute Gasteiger partial charge is 0.224 e. The second-order valence-electron chi connectivity index (χ2n) is 3.02. The molecule has 0 radical (unpaired) electrons. The van der Waals surface area contributed by atoms with E-state index in [9.17, 15) is 13.6 Å². The summed E-state index contributed by atoms with van der Waals surface area (Å²) in [6, 6.07) is 2.22. The summed E-state index contributed by atoms with van der Waals surface area (Å²) in [6.07, 6.45) is 0. The molecule has 0 spiro atoms. The van der Waals surface area contributed by atoms with Crippen LogP contribution in [0.1, 0.15) is 18.4 Å². The monoisotopic (exact) mass is 217 g/mol. The summed E-state index contributed by atoms with van der Waals surface area (Å²) in [5, 5.41) is -0.134. The van der Waals surface area contributed by atoms with Crippen molar-refractivity contribution >= 4 is 20.5 Å². The van der Waals surface area contributed by atoms with Gasteiger partial charge in [0.25, 0.3) is 0 Å². The lowest BCUT2D eigenvalue weighted by molar-refractivity contribution is -0.119. The minimum Gasteiger partial charge on any atom is -0.369 e. The summed E-state index contributed by atoms with van der Waals surface area (Å²) in [6.45, 7) is 1.50. The molecule has 2 atom stereocenters. The molecule has 2 N–H and O–H groups in total. The van der Waals surface area contributed by atoms with Crippen LogP contribution in [-0.4, -0.2) is 5.91 Å². The predicted octanol–water partition coefficient (Wildman–Crippen LogP) is 1.05. The van der Waals surface area contributed by atoms with Gasteiger partial charge in [0.15, 0.2) is 0 Å². The van der Waals surface area contributed by atoms with Crippen LogP contribution < -0.4 is 11.0 Å². The van der Waals surface area contributed by atoms with Crippen LogP contribution in [-0.2, 0) is 4.79 Å². The van der Waals surface area contributed by atoms with Gasteiger partial charge in [0.05, 0.1) is 5.92 Å². The van der Waals surface area contributed by atoms with Crippen LogP contribution in [0.25, 0.3) is 0 Å². The van der Waals surface area contributed by atoms with E-state index in [0.29, 0.717) is 0 Å². The molecule has 1 amide bonds. The van der Waals surface area contributed by atoms with Crippen molar-refractivity contribution in [1.29, 1.82) is 0 Å². The molecule has 76 valence electrons. The van der Waals surface area contributed by atoms with Crippen LogP contribution in [0.2, 0.25) is 0 Å². The number of benzene rings is 1. The molecular weight excluding hydrogens is 207 g/mol. The Kier molecular flexibility index (Phi) is 3.17. The van der Waals surface area contributed by atoms with Crippen molar-refractivity contribution in [2.45, 2.75) is 12.8 Å². The van der Waals surface area contributed by atoms with E-state index < -0.39 is 23.5 Å². The maximum Gasteiger partial charge on any atom is 0.224 e. The van der Waals surface area contributed by atoms with Gasteiger partial charge in [-0.3, -0.25) is 4.79 Å². The Bertz CT molecular complexity index is 358. The van der Waals surface area contributed by atoms with E-state index in [1.165, 1.54) is 6.92 Å². The molecule has 0 fully saturated rings. The zero-order valence-corrected chi connectivity index (χ0v) is 8.71. The highest BCUT2D eigenvalue weighted by molar-refractivity contribution is 7.27. The molecule has 1 aromatic rings. The topological polar surface area (TPSA) is 43.1 Å². The number of nitrogens with two attached hydrogens (primary N) is 1. The molecule has 0 saturated carbocycles. The van der Waals surface area contributed by atoms with Gasteiger partial charge in [0.1, 0.15) is 11.6 Å². The Labute approximate surface area is 82.7 Å². The van der Waals surface area contributed by atoms with E-state index in [1.807, 2.05) is 9.24 Å². The highest BCUT2D eigenvalue weighted by Gasteiger charge is 2.15. The summed E-state index contributed by atoms with van der Waals surface area (Å²) in [5.74, 6) is -2.69. The summed E-state index contributed by atoms with van der Waals surface area (Å²) >= 11 is 0. The molecule has 0 aliphatic rings. The molecule has 2 unspecified atom stereocenters. The Morgan fingerprint density at radius 2 is 1.86 bits per heavy atom. The molecule has 0 aliphatic heterocycles. The number of hydrogen-bond acceptors (Lipinski definition) is 1. The lowest BCUT2D eigenvalue weighted by Crippen LogP contribution is -2.20. The largest absolute Gasteiger partial charge is 0.369 e. The highest BCUT2D eigenvalue weighted by atomic mass is 31.0. The number of halogens is 2. The maximum atomic E-state index is 13.1. The normalized spacial score (nSPS) is 12.6. The third-order valence-electron chi connectivity index (χ3n) is 2.03. The SMILES string of the molecule is CC(C(N)=O)c1cc(F)c(P)c(F)c1. The van der Waals surface area contributed by atoms with Gasteiger partial charge in [-0.2, -0.15) is 0 Å². The molecular formula is C9H10F2NOP. The fraction of sp³-hybridized carbons (Fsp3) is 0.222.